The van der Waals surface area contributed by atoms with Crippen LogP contribution in [0.25, 0.3) is 10.8 Å². The Bertz CT molecular complexity index is 841. The maximum atomic E-state index is 10.4. The summed E-state index contributed by atoms with van der Waals surface area (Å²) in [7, 11) is 7.78. The van der Waals surface area contributed by atoms with Crippen molar-refractivity contribution in [3.8, 4) is 11.5 Å². The standard InChI is InChI=1S/C19H28N3O3PS/c1-20(2)26(27,21(3)4)25-16-6-7-17-15(13-16)5-8-19(23)18(17)14-22-9-11-24-12-10-22/h5-8,13,23H,9-12,14H2,1-4H3. The third-order valence-corrected chi connectivity index (χ3v) is 9.45. The van der Waals surface area contributed by atoms with E-state index in [2.05, 4.69) is 4.90 Å². The number of hydrogen-bond donors (Lipinski definition) is 1. The summed E-state index contributed by atoms with van der Waals surface area (Å²) in [5.74, 6) is 1.07. The van der Waals surface area contributed by atoms with Gasteiger partial charge < -0.3 is 14.4 Å². The second-order valence-corrected chi connectivity index (χ2v) is 11.3. The van der Waals surface area contributed by atoms with Crippen molar-refractivity contribution < 1.29 is 14.4 Å². The third-order valence-electron chi connectivity index (χ3n) is 4.80. The Kier molecular flexibility index (Phi) is 6.41. The summed E-state index contributed by atoms with van der Waals surface area (Å²) < 4.78 is 15.6. The smallest absolute Gasteiger partial charge is 0.252 e. The van der Waals surface area contributed by atoms with Crippen LogP contribution >= 0.6 is 6.57 Å². The Balaban J connectivity index is 1.92. The molecular formula is C19H28N3O3PS. The average Bonchev–Trinajstić information content (AvgIpc) is 2.64. The van der Waals surface area contributed by atoms with E-state index in [0.717, 1.165) is 48.4 Å². The zero-order valence-electron chi connectivity index (χ0n) is 16.4. The molecule has 1 heterocycles. The predicted molar refractivity (Wildman–Crippen MR) is 114 cm³/mol. The molecule has 0 atom stereocenters. The highest BCUT2D eigenvalue weighted by Crippen LogP contribution is 2.51. The van der Waals surface area contributed by atoms with Gasteiger partial charge in [0.2, 0.25) is 0 Å². The van der Waals surface area contributed by atoms with Crippen LogP contribution in [0.1, 0.15) is 5.56 Å². The van der Waals surface area contributed by atoms with E-state index in [9.17, 15) is 5.11 Å². The fraction of sp³-hybridized carbons (Fsp3) is 0.474. The van der Waals surface area contributed by atoms with Crippen molar-refractivity contribution in [1.82, 2.24) is 14.2 Å². The normalized spacial score (nSPS) is 16.4. The van der Waals surface area contributed by atoms with Gasteiger partial charge in [0.05, 0.1) is 13.2 Å². The molecule has 1 saturated heterocycles. The first kappa shape index (κ1) is 20.5. The van der Waals surface area contributed by atoms with Gasteiger partial charge in [0.25, 0.3) is 6.57 Å². The summed E-state index contributed by atoms with van der Waals surface area (Å²) in [5, 5.41) is 12.5. The topological polar surface area (TPSA) is 48.4 Å². The molecule has 0 unspecified atom stereocenters. The van der Waals surface area contributed by atoms with E-state index < -0.39 is 6.57 Å². The molecule has 1 aliphatic heterocycles. The van der Waals surface area contributed by atoms with Gasteiger partial charge in [-0.3, -0.25) is 4.90 Å². The fourth-order valence-corrected chi connectivity index (χ4v) is 4.91. The van der Waals surface area contributed by atoms with Crippen molar-refractivity contribution in [2.24, 2.45) is 0 Å². The van der Waals surface area contributed by atoms with Crippen LogP contribution in [0.4, 0.5) is 0 Å². The Morgan fingerprint density at radius 2 is 1.78 bits per heavy atom. The number of phenols is 1. The largest absolute Gasteiger partial charge is 0.508 e. The molecule has 148 valence electrons. The first-order valence-corrected chi connectivity index (χ1v) is 11.6. The number of morpholine rings is 1. The minimum Gasteiger partial charge on any atom is -0.508 e. The second-order valence-electron chi connectivity index (χ2n) is 7.11. The molecule has 1 N–H and O–H groups in total. The van der Waals surface area contributed by atoms with E-state index >= 15 is 0 Å². The van der Waals surface area contributed by atoms with Crippen molar-refractivity contribution >= 4 is 29.1 Å². The highest BCUT2D eigenvalue weighted by atomic mass is 32.5. The van der Waals surface area contributed by atoms with E-state index in [-0.39, 0.29) is 0 Å². The van der Waals surface area contributed by atoms with Crippen molar-refractivity contribution in [2.75, 3.05) is 54.5 Å². The summed E-state index contributed by atoms with van der Waals surface area (Å²) >= 11 is 5.79. The molecule has 0 amide bonds. The number of phenolic OH excluding ortho intramolecular Hbond substituents is 1. The molecule has 8 heteroatoms. The average molecular weight is 409 g/mol. The SMILES string of the molecule is CN(C)P(=S)(Oc1ccc2c(CN3CCOCC3)c(O)ccc2c1)N(C)C. The maximum absolute atomic E-state index is 10.4. The van der Waals surface area contributed by atoms with E-state index in [0.29, 0.717) is 12.3 Å². The van der Waals surface area contributed by atoms with Gasteiger partial charge in [-0.25, -0.2) is 9.34 Å². The van der Waals surface area contributed by atoms with Crippen molar-refractivity contribution in [2.45, 2.75) is 6.54 Å². The molecule has 3 rings (SSSR count). The lowest BCUT2D eigenvalue weighted by Crippen LogP contribution is -2.35. The maximum Gasteiger partial charge on any atom is 0.252 e. The van der Waals surface area contributed by atoms with Crippen molar-refractivity contribution in [1.29, 1.82) is 0 Å². The van der Waals surface area contributed by atoms with Crippen LogP contribution in [-0.2, 0) is 23.1 Å². The van der Waals surface area contributed by atoms with E-state index in [4.69, 9.17) is 21.1 Å². The summed E-state index contributed by atoms with van der Waals surface area (Å²) in [4.78, 5) is 2.31. The highest BCUT2D eigenvalue weighted by molar-refractivity contribution is 8.10. The summed E-state index contributed by atoms with van der Waals surface area (Å²) in [6, 6.07) is 9.65. The third kappa shape index (κ3) is 4.45. The Hall–Kier alpha value is -1.21. The number of benzene rings is 2. The molecular weight excluding hydrogens is 381 g/mol. The van der Waals surface area contributed by atoms with E-state index in [1.54, 1.807) is 6.07 Å². The van der Waals surface area contributed by atoms with Gasteiger partial charge in [-0.15, -0.1) is 0 Å². The molecule has 0 saturated carbocycles. The Morgan fingerprint density at radius 1 is 1.11 bits per heavy atom. The molecule has 2 aromatic rings. The first-order valence-electron chi connectivity index (χ1n) is 9.01. The lowest BCUT2D eigenvalue weighted by Gasteiger charge is -2.34. The quantitative estimate of drug-likeness (QED) is 0.736. The van der Waals surface area contributed by atoms with Crippen molar-refractivity contribution in [3.05, 3.63) is 35.9 Å². The monoisotopic (exact) mass is 409 g/mol. The molecule has 0 aliphatic carbocycles. The number of fused-ring (bicyclic) bond motifs is 1. The van der Waals surface area contributed by atoms with Crippen LogP contribution in [0.15, 0.2) is 30.3 Å². The van der Waals surface area contributed by atoms with Gasteiger partial charge in [-0.2, -0.15) is 0 Å². The molecule has 0 bridgehead atoms. The Morgan fingerprint density at radius 3 is 2.41 bits per heavy atom. The number of aromatic hydroxyl groups is 1. The zero-order chi connectivity index (χ0) is 19.6. The fourth-order valence-electron chi connectivity index (χ4n) is 3.23. The van der Waals surface area contributed by atoms with Crippen LogP contribution in [0.5, 0.6) is 11.5 Å². The molecule has 2 aromatic carbocycles. The summed E-state index contributed by atoms with van der Waals surface area (Å²) in [6.07, 6.45) is 0. The lowest BCUT2D eigenvalue weighted by molar-refractivity contribution is 0.0341. The molecule has 1 aliphatic rings. The van der Waals surface area contributed by atoms with E-state index in [1.807, 2.05) is 61.8 Å². The number of ether oxygens (including phenoxy) is 1. The number of hydrogen-bond acceptors (Lipinski definition) is 5. The van der Waals surface area contributed by atoms with Crippen LogP contribution in [0.3, 0.4) is 0 Å². The molecule has 27 heavy (non-hydrogen) atoms. The number of rotatable bonds is 6. The van der Waals surface area contributed by atoms with Crippen LogP contribution in [0.2, 0.25) is 0 Å². The Labute approximate surface area is 166 Å². The van der Waals surface area contributed by atoms with E-state index in [1.165, 1.54) is 0 Å². The second kappa shape index (κ2) is 8.43. The van der Waals surface area contributed by atoms with Crippen LogP contribution < -0.4 is 4.52 Å². The molecule has 0 aromatic heterocycles. The number of nitrogens with zero attached hydrogens (tertiary/aromatic N) is 3. The minimum absolute atomic E-state index is 0.328. The van der Waals surface area contributed by atoms with Gasteiger partial charge >= 0.3 is 0 Å². The van der Waals surface area contributed by atoms with Gasteiger partial charge in [0.1, 0.15) is 11.5 Å². The minimum atomic E-state index is -2.28. The van der Waals surface area contributed by atoms with Gasteiger partial charge in [0, 0.05) is 25.2 Å². The molecule has 1 fully saturated rings. The summed E-state index contributed by atoms with van der Waals surface area (Å²) in [6.45, 7) is 1.66. The highest BCUT2D eigenvalue weighted by Gasteiger charge is 2.25. The van der Waals surface area contributed by atoms with Gasteiger partial charge in [-0.1, -0.05) is 12.1 Å². The molecule has 0 radical (unpaired) electrons. The molecule has 6 nitrogen and oxygen atoms in total. The van der Waals surface area contributed by atoms with Crippen molar-refractivity contribution in [3.63, 3.8) is 0 Å². The predicted octanol–water partition coefficient (Wildman–Crippen LogP) is 3.10. The lowest BCUT2D eigenvalue weighted by atomic mass is 10.0. The van der Waals surface area contributed by atoms with Crippen LogP contribution in [0, 0.1) is 0 Å². The first-order chi connectivity index (χ1) is 12.8. The van der Waals surface area contributed by atoms with Gasteiger partial charge in [0.15, 0.2) is 0 Å². The molecule has 0 spiro atoms. The zero-order valence-corrected chi connectivity index (χ0v) is 18.1. The van der Waals surface area contributed by atoms with Crippen LogP contribution in [-0.4, -0.2) is 73.8 Å². The summed E-state index contributed by atoms with van der Waals surface area (Å²) in [5.41, 5.74) is 0.945. The van der Waals surface area contributed by atoms with Gasteiger partial charge in [-0.05, 0) is 69.0 Å².